The Kier molecular flexibility index (Phi) is 8.18. The summed E-state index contributed by atoms with van der Waals surface area (Å²) in [7, 11) is -0.483. The smallest absolute Gasteiger partial charge is 0.399 e. The fourth-order valence-electron chi connectivity index (χ4n) is 5.08. The van der Waals surface area contributed by atoms with Crippen molar-refractivity contribution in [2.24, 2.45) is 0 Å². The van der Waals surface area contributed by atoms with Gasteiger partial charge < -0.3 is 9.31 Å². The highest BCUT2D eigenvalue weighted by Gasteiger charge is 2.53. The van der Waals surface area contributed by atoms with Crippen LogP contribution in [-0.2, 0) is 22.4 Å². The van der Waals surface area contributed by atoms with E-state index < -0.39 is 18.3 Å². The zero-order chi connectivity index (χ0) is 27.3. The summed E-state index contributed by atoms with van der Waals surface area (Å²) in [5, 5.41) is 0. The molecule has 1 heterocycles. The number of benzene rings is 4. The fourth-order valence-corrected chi connectivity index (χ4v) is 5.08. The molecule has 5 rings (SSSR count). The van der Waals surface area contributed by atoms with E-state index in [1.807, 2.05) is 0 Å². The third-order valence-electron chi connectivity index (χ3n) is 7.90. The van der Waals surface area contributed by atoms with Crippen LogP contribution < -0.4 is 0 Å². The molecule has 198 valence electrons. The van der Waals surface area contributed by atoms with Crippen molar-refractivity contribution in [3.05, 3.63) is 144 Å². The first-order valence-electron chi connectivity index (χ1n) is 13.8. The molecule has 0 saturated carbocycles. The first-order chi connectivity index (χ1) is 18.8. The third kappa shape index (κ3) is 6.42. The molecule has 0 unspecified atom stereocenters. The Bertz CT molecular complexity index is 1310. The molecule has 1 fully saturated rings. The van der Waals surface area contributed by atoms with E-state index in [9.17, 15) is 0 Å². The summed E-state index contributed by atoms with van der Waals surface area (Å²) < 4.78 is 13.4. The Balaban J connectivity index is 1.64. The van der Waals surface area contributed by atoms with Gasteiger partial charge in [0.1, 0.15) is 0 Å². The fraction of sp³-hybridized carbons (Fsp3) is 0.257. The highest BCUT2D eigenvalue weighted by Crippen LogP contribution is 2.43. The second kappa shape index (κ2) is 11.8. The second-order valence-corrected chi connectivity index (χ2v) is 11.3. The molecule has 4 heteroatoms. The van der Waals surface area contributed by atoms with E-state index in [0.29, 0.717) is 0 Å². The SMILES string of the molecule is CC1(C)OB(/C(=C(\CN(Cc2ccccc2)Cc2ccccc2)c2ccccc2)c2ccccc2)OC1(C)C. The lowest BCUT2D eigenvalue weighted by atomic mass is 9.70. The van der Waals surface area contributed by atoms with Gasteiger partial charge in [-0.2, -0.15) is 0 Å². The molecule has 39 heavy (non-hydrogen) atoms. The number of hydrogen-bond donors (Lipinski definition) is 0. The minimum atomic E-state index is -0.483. The van der Waals surface area contributed by atoms with Crippen molar-refractivity contribution in [2.75, 3.05) is 6.54 Å². The van der Waals surface area contributed by atoms with Gasteiger partial charge >= 0.3 is 7.12 Å². The van der Waals surface area contributed by atoms with Crippen LogP contribution in [0.2, 0.25) is 0 Å². The maximum Gasteiger partial charge on any atom is 0.495 e. The van der Waals surface area contributed by atoms with Crippen molar-refractivity contribution in [3.63, 3.8) is 0 Å². The van der Waals surface area contributed by atoms with Crippen molar-refractivity contribution >= 4 is 18.2 Å². The Labute approximate surface area is 234 Å². The van der Waals surface area contributed by atoms with Crippen LogP contribution in [0.1, 0.15) is 49.9 Å². The van der Waals surface area contributed by atoms with Gasteiger partial charge in [0, 0.05) is 19.6 Å². The maximum atomic E-state index is 6.70. The average Bonchev–Trinajstić information content (AvgIpc) is 3.16. The van der Waals surface area contributed by atoms with Crippen LogP contribution in [0, 0.1) is 0 Å². The van der Waals surface area contributed by atoms with Crippen LogP contribution in [0.5, 0.6) is 0 Å². The first-order valence-corrected chi connectivity index (χ1v) is 13.8. The monoisotopic (exact) mass is 515 g/mol. The van der Waals surface area contributed by atoms with E-state index in [0.717, 1.165) is 30.7 Å². The van der Waals surface area contributed by atoms with Gasteiger partial charge in [-0.1, -0.05) is 121 Å². The zero-order valence-electron chi connectivity index (χ0n) is 23.5. The van der Waals surface area contributed by atoms with E-state index in [2.05, 4.69) is 154 Å². The topological polar surface area (TPSA) is 21.7 Å². The zero-order valence-corrected chi connectivity index (χ0v) is 23.5. The molecule has 0 aliphatic carbocycles. The van der Waals surface area contributed by atoms with Gasteiger partial charge in [-0.3, -0.25) is 4.90 Å². The lowest BCUT2D eigenvalue weighted by Crippen LogP contribution is -2.41. The Morgan fingerprint density at radius 3 is 1.38 bits per heavy atom. The molecule has 1 aliphatic heterocycles. The van der Waals surface area contributed by atoms with Gasteiger partial charge in [0.15, 0.2) is 0 Å². The van der Waals surface area contributed by atoms with Crippen molar-refractivity contribution in [2.45, 2.75) is 52.0 Å². The van der Waals surface area contributed by atoms with Crippen LogP contribution in [0.25, 0.3) is 11.0 Å². The van der Waals surface area contributed by atoms with E-state index >= 15 is 0 Å². The van der Waals surface area contributed by atoms with Crippen molar-refractivity contribution < 1.29 is 9.31 Å². The molecular weight excluding hydrogens is 477 g/mol. The van der Waals surface area contributed by atoms with Crippen molar-refractivity contribution in [3.8, 4) is 0 Å². The number of rotatable bonds is 9. The average molecular weight is 516 g/mol. The molecule has 0 N–H and O–H groups in total. The molecule has 4 aromatic rings. The van der Waals surface area contributed by atoms with Crippen LogP contribution in [-0.4, -0.2) is 29.8 Å². The van der Waals surface area contributed by atoms with Crippen molar-refractivity contribution in [1.29, 1.82) is 0 Å². The quantitative estimate of drug-likeness (QED) is 0.167. The predicted molar refractivity (Wildman–Crippen MR) is 163 cm³/mol. The summed E-state index contributed by atoms with van der Waals surface area (Å²) in [6.07, 6.45) is 0. The van der Waals surface area contributed by atoms with Gasteiger partial charge in [-0.25, -0.2) is 0 Å². The summed E-state index contributed by atoms with van der Waals surface area (Å²) in [5.74, 6) is 0. The van der Waals surface area contributed by atoms with E-state index in [4.69, 9.17) is 9.31 Å². The molecule has 3 nitrogen and oxygen atoms in total. The second-order valence-electron chi connectivity index (χ2n) is 11.3. The molecule has 0 bridgehead atoms. The number of nitrogens with zero attached hydrogens (tertiary/aromatic N) is 1. The Hall–Kier alpha value is -3.44. The summed E-state index contributed by atoms with van der Waals surface area (Å²) in [5.41, 5.74) is 6.31. The summed E-state index contributed by atoms with van der Waals surface area (Å²) in [4.78, 5) is 2.52. The molecule has 0 amide bonds. The van der Waals surface area contributed by atoms with Crippen LogP contribution in [0.15, 0.2) is 121 Å². The number of hydrogen-bond acceptors (Lipinski definition) is 3. The molecule has 4 aromatic carbocycles. The van der Waals surface area contributed by atoms with Crippen molar-refractivity contribution in [1.82, 2.24) is 4.90 Å². The lowest BCUT2D eigenvalue weighted by Gasteiger charge is -2.32. The van der Waals surface area contributed by atoms with Crippen LogP contribution in [0.4, 0.5) is 0 Å². The Morgan fingerprint density at radius 1 is 0.564 bits per heavy atom. The standard InChI is InChI=1S/C35H38BNO2/c1-34(2)35(3,4)39-36(38-34)33(31-23-15-8-16-24-31)32(30-21-13-7-14-22-30)27-37(25-28-17-9-5-10-18-28)26-29-19-11-6-12-20-29/h5-24H,25-27H2,1-4H3/b33-32+. The Morgan fingerprint density at radius 2 is 0.949 bits per heavy atom. The molecule has 0 atom stereocenters. The molecule has 1 aliphatic rings. The summed E-state index contributed by atoms with van der Waals surface area (Å²) >= 11 is 0. The highest BCUT2D eigenvalue weighted by molar-refractivity contribution is 6.71. The largest absolute Gasteiger partial charge is 0.495 e. The third-order valence-corrected chi connectivity index (χ3v) is 7.90. The minimum absolute atomic E-state index is 0.437. The molecule has 0 aromatic heterocycles. The van der Waals surface area contributed by atoms with Gasteiger partial charge in [0.25, 0.3) is 0 Å². The minimum Gasteiger partial charge on any atom is -0.399 e. The van der Waals surface area contributed by atoms with Crippen LogP contribution in [0.3, 0.4) is 0 Å². The van der Waals surface area contributed by atoms with Crippen LogP contribution >= 0.6 is 0 Å². The summed E-state index contributed by atoms with van der Waals surface area (Å²) in [6, 6.07) is 42.7. The molecule has 0 radical (unpaired) electrons. The van der Waals surface area contributed by atoms with Gasteiger partial charge in [-0.15, -0.1) is 0 Å². The maximum absolute atomic E-state index is 6.70. The molecule has 0 spiro atoms. The predicted octanol–water partition coefficient (Wildman–Crippen LogP) is 7.93. The van der Waals surface area contributed by atoms with E-state index in [1.165, 1.54) is 22.3 Å². The molecule has 1 saturated heterocycles. The van der Waals surface area contributed by atoms with Gasteiger partial charge in [0.2, 0.25) is 0 Å². The normalized spacial score (nSPS) is 16.8. The highest BCUT2D eigenvalue weighted by atomic mass is 16.7. The van der Waals surface area contributed by atoms with Gasteiger partial charge in [0.05, 0.1) is 11.2 Å². The first kappa shape index (κ1) is 27.1. The van der Waals surface area contributed by atoms with E-state index in [-0.39, 0.29) is 0 Å². The summed E-state index contributed by atoms with van der Waals surface area (Å²) in [6.45, 7) is 10.9. The molecular formula is C35H38BNO2. The van der Waals surface area contributed by atoms with E-state index in [1.54, 1.807) is 0 Å². The van der Waals surface area contributed by atoms with Gasteiger partial charge in [-0.05, 0) is 61.0 Å². The lowest BCUT2D eigenvalue weighted by molar-refractivity contribution is 0.00578.